The van der Waals surface area contributed by atoms with Crippen LogP contribution < -0.4 is 5.32 Å². The molecule has 0 aliphatic heterocycles. The van der Waals surface area contributed by atoms with Crippen molar-refractivity contribution in [2.24, 2.45) is 0 Å². The predicted molar refractivity (Wildman–Crippen MR) is 87.8 cm³/mol. The van der Waals surface area contributed by atoms with Crippen molar-refractivity contribution in [3.05, 3.63) is 59.6 Å². The van der Waals surface area contributed by atoms with E-state index in [2.05, 4.69) is 5.32 Å². The molecular weight excluding hydrogens is 328 g/mol. The molecule has 0 radical (unpaired) electrons. The molecule has 2 aromatic rings. The van der Waals surface area contributed by atoms with E-state index < -0.39 is 23.2 Å². The summed E-state index contributed by atoms with van der Waals surface area (Å²) in [6, 6.07) is 6.37. The number of nitrogens with one attached hydrogen (secondary N) is 1. The van der Waals surface area contributed by atoms with Crippen molar-refractivity contribution >= 4 is 5.91 Å². The van der Waals surface area contributed by atoms with E-state index in [1.165, 1.54) is 18.4 Å². The maximum atomic E-state index is 14.2. The number of hydrogen-bond acceptors (Lipinski definition) is 3. The number of furan rings is 1. The summed E-state index contributed by atoms with van der Waals surface area (Å²) in [5, 5.41) is 13.0. The van der Waals surface area contributed by atoms with Crippen molar-refractivity contribution in [1.82, 2.24) is 5.32 Å². The monoisotopic (exact) mass is 349 g/mol. The first-order valence-electron chi connectivity index (χ1n) is 8.40. The molecule has 2 atom stereocenters. The first-order chi connectivity index (χ1) is 11.9. The third-order valence-electron chi connectivity index (χ3n) is 4.91. The van der Waals surface area contributed by atoms with Gasteiger partial charge in [0.2, 0.25) is 5.91 Å². The van der Waals surface area contributed by atoms with Gasteiger partial charge in [-0.05, 0) is 38.0 Å². The van der Waals surface area contributed by atoms with Crippen LogP contribution in [-0.2, 0) is 10.2 Å². The van der Waals surface area contributed by atoms with E-state index in [-0.39, 0.29) is 23.9 Å². The van der Waals surface area contributed by atoms with Gasteiger partial charge >= 0.3 is 0 Å². The molecule has 2 unspecified atom stereocenters. The summed E-state index contributed by atoms with van der Waals surface area (Å²) in [5.41, 5.74) is -0.724. The van der Waals surface area contributed by atoms with Crippen LogP contribution in [0.25, 0.3) is 0 Å². The molecule has 0 bridgehead atoms. The number of aliphatic hydroxyl groups excluding tert-OH is 1. The fourth-order valence-electron chi connectivity index (χ4n) is 3.38. The zero-order valence-corrected chi connectivity index (χ0v) is 14.0. The molecule has 3 rings (SSSR count). The van der Waals surface area contributed by atoms with Gasteiger partial charge in [0.25, 0.3) is 0 Å². The lowest BCUT2D eigenvalue weighted by atomic mass is 9.63. The van der Waals surface area contributed by atoms with Gasteiger partial charge in [-0.3, -0.25) is 4.79 Å². The largest absolute Gasteiger partial charge is 0.467 e. The smallest absolute Gasteiger partial charge is 0.230 e. The maximum absolute atomic E-state index is 14.2. The molecule has 1 fully saturated rings. The van der Waals surface area contributed by atoms with Gasteiger partial charge in [-0.15, -0.1) is 0 Å². The van der Waals surface area contributed by atoms with E-state index in [0.29, 0.717) is 18.6 Å². The lowest BCUT2D eigenvalue weighted by Crippen LogP contribution is -2.52. The van der Waals surface area contributed by atoms with Crippen LogP contribution in [0.3, 0.4) is 0 Å². The first-order valence-corrected chi connectivity index (χ1v) is 8.40. The van der Waals surface area contributed by atoms with Crippen molar-refractivity contribution in [3.63, 3.8) is 0 Å². The van der Waals surface area contributed by atoms with Gasteiger partial charge in [0, 0.05) is 24.1 Å². The summed E-state index contributed by atoms with van der Waals surface area (Å²) in [6.45, 7) is 1.78. The Morgan fingerprint density at radius 3 is 2.68 bits per heavy atom. The normalized spacial score (nSPS) is 18.2. The van der Waals surface area contributed by atoms with Crippen LogP contribution in [0, 0.1) is 11.6 Å². The van der Waals surface area contributed by atoms with E-state index in [0.717, 1.165) is 12.5 Å². The number of carbonyl (C=O) groups excluding carboxylic acids is 1. The average molecular weight is 349 g/mol. The van der Waals surface area contributed by atoms with Crippen LogP contribution in [0.2, 0.25) is 0 Å². The van der Waals surface area contributed by atoms with Gasteiger partial charge in [0.15, 0.2) is 0 Å². The minimum atomic E-state index is -0.957. The Bertz CT molecular complexity index is 741. The highest BCUT2D eigenvalue weighted by Gasteiger charge is 2.47. The summed E-state index contributed by atoms with van der Waals surface area (Å²) in [5.74, 6) is -1.21. The molecule has 6 heteroatoms. The van der Waals surface area contributed by atoms with Crippen LogP contribution in [0.5, 0.6) is 0 Å². The minimum Gasteiger partial charge on any atom is -0.467 e. The molecule has 2 N–H and O–H groups in total. The fourth-order valence-corrected chi connectivity index (χ4v) is 3.38. The molecule has 1 amide bonds. The van der Waals surface area contributed by atoms with Crippen LogP contribution in [0.4, 0.5) is 8.78 Å². The van der Waals surface area contributed by atoms with Gasteiger partial charge in [-0.25, -0.2) is 8.78 Å². The molecule has 1 heterocycles. The van der Waals surface area contributed by atoms with Crippen LogP contribution >= 0.6 is 0 Å². The Morgan fingerprint density at radius 1 is 1.36 bits per heavy atom. The number of rotatable bonds is 6. The third kappa shape index (κ3) is 3.44. The summed E-state index contributed by atoms with van der Waals surface area (Å²) in [4.78, 5) is 12.8. The van der Waals surface area contributed by atoms with Crippen LogP contribution in [0.15, 0.2) is 41.0 Å². The Morgan fingerprint density at radius 2 is 2.12 bits per heavy atom. The lowest BCUT2D eigenvalue weighted by molar-refractivity contribution is -0.130. The van der Waals surface area contributed by atoms with E-state index in [1.54, 1.807) is 19.1 Å². The van der Waals surface area contributed by atoms with Gasteiger partial charge in [-0.1, -0.05) is 12.5 Å². The molecular formula is C19H21F2NO3. The van der Waals surface area contributed by atoms with Gasteiger partial charge in [0.1, 0.15) is 23.5 Å². The highest BCUT2D eigenvalue weighted by Crippen LogP contribution is 2.45. The second-order valence-corrected chi connectivity index (χ2v) is 6.70. The Labute approximate surface area is 144 Å². The Balaban J connectivity index is 1.70. The van der Waals surface area contributed by atoms with Gasteiger partial charge in [-0.2, -0.15) is 0 Å². The summed E-state index contributed by atoms with van der Waals surface area (Å²) in [7, 11) is 0. The van der Waals surface area contributed by atoms with Gasteiger partial charge < -0.3 is 14.8 Å². The van der Waals surface area contributed by atoms with Crippen molar-refractivity contribution in [1.29, 1.82) is 0 Å². The topological polar surface area (TPSA) is 62.5 Å². The van der Waals surface area contributed by atoms with Crippen molar-refractivity contribution in [2.45, 2.75) is 50.2 Å². The zero-order chi connectivity index (χ0) is 18.0. The average Bonchev–Trinajstić information content (AvgIpc) is 3.02. The zero-order valence-electron chi connectivity index (χ0n) is 14.0. The van der Waals surface area contributed by atoms with Crippen molar-refractivity contribution < 1.29 is 23.1 Å². The molecule has 1 aliphatic rings. The molecule has 0 spiro atoms. The van der Waals surface area contributed by atoms with E-state index >= 15 is 0 Å². The number of hydrogen-bond donors (Lipinski definition) is 2. The molecule has 1 aromatic heterocycles. The SMILES string of the molecule is CC(CC(O)c1ccco1)NC(=O)C1(c2ccc(F)cc2F)CCC1. The third-order valence-corrected chi connectivity index (χ3v) is 4.91. The first kappa shape index (κ1) is 17.6. The van der Waals surface area contributed by atoms with Crippen molar-refractivity contribution in [2.75, 3.05) is 0 Å². The molecule has 134 valence electrons. The summed E-state index contributed by atoms with van der Waals surface area (Å²) < 4.78 is 32.5. The maximum Gasteiger partial charge on any atom is 0.230 e. The molecule has 1 aromatic carbocycles. The van der Waals surface area contributed by atoms with Crippen molar-refractivity contribution in [3.8, 4) is 0 Å². The van der Waals surface area contributed by atoms with Crippen LogP contribution in [0.1, 0.15) is 50.0 Å². The lowest BCUT2D eigenvalue weighted by Gasteiger charge is -2.41. The number of amides is 1. The number of aliphatic hydroxyl groups is 1. The summed E-state index contributed by atoms with van der Waals surface area (Å²) in [6.07, 6.45) is 2.78. The minimum absolute atomic E-state index is 0.233. The predicted octanol–water partition coefficient (Wildman–Crippen LogP) is 3.61. The molecule has 1 aliphatic carbocycles. The highest BCUT2D eigenvalue weighted by atomic mass is 19.1. The molecule has 25 heavy (non-hydrogen) atoms. The second kappa shape index (κ2) is 6.96. The fraction of sp³-hybridized carbons (Fsp3) is 0.421. The van der Waals surface area contributed by atoms with E-state index in [4.69, 9.17) is 4.42 Å². The standard InChI is InChI=1S/C19H21F2NO3/c1-12(10-16(23)17-4-2-9-25-17)22-18(24)19(7-3-8-19)14-6-5-13(20)11-15(14)21/h2,4-6,9,11-12,16,23H,3,7-8,10H2,1H3,(H,22,24). The molecule has 4 nitrogen and oxygen atoms in total. The second-order valence-electron chi connectivity index (χ2n) is 6.70. The van der Waals surface area contributed by atoms with E-state index in [1.807, 2.05) is 0 Å². The molecule has 1 saturated carbocycles. The Hall–Kier alpha value is -2.21. The van der Waals surface area contributed by atoms with Crippen LogP contribution in [-0.4, -0.2) is 17.1 Å². The van der Waals surface area contributed by atoms with Gasteiger partial charge in [0.05, 0.1) is 11.7 Å². The number of benzene rings is 1. The van der Waals surface area contributed by atoms with E-state index in [9.17, 15) is 18.7 Å². The Kier molecular flexibility index (Phi) is 4.90. The molecule has 0 saturated heterocycles. The number of carbonyl (C=O) groups is 1. The number of halogens is 2. The summed E-state index contributed by atoms with van der Waals surface area (Å²) >= 11 is 0. The highest BCUT2D eigenvalue weighted by molar-refractivity contribution is 5.89. The quantitative estimate of drug-likeness (QED) is 0.837.